The maximum Gasteiger partial charge on any atom is 0.346 e. The monoisotopic (exact) mass is 326 g/mol. The minimum atomic E-state index is -1.03. The van der Waals surface area contributed by atoms with Gasteiger partial charge in [0.2, 0.25) is 0 Å². The molecule has 4 nitrogen and oxygen atoms in total. The Morgan fingerprint density at radius 2 is 2.30 bits per heavy atom. The Kier molecular flexibility index (Phi) is 3.68. The highest BCUT2D eigenvalue weighted by molar-refractivity contribution is 8.00. The summed E-state index contributed by atoms with van der Waals surface area (Å²) in [6.45, 7) is 0. The van der Waals surface area contributed by atoms with Gasteiger partial charge in [-0.15, -0.1) is 11.3 Å². The fourth-order valence-electron chi connectivity index (χ4n) is 1.84. The highest BCUT2D eigenvalue weighted by Crippen LogP contribution is 2.37. The molecule has 0 radical (unpaired) electrons. The summed E-state index contributed by atoms with van der Waals surface area (Å²) in [5.41, 5.74) is 0.510. The van der Waals surface area contributed by atoms with Crippen LogP contribution in [0.25, 0.3) is 10.1 Å². The van der Waals surface area contributed by atoms with E-state index in [0.717, 1.165) is 15.7 Å². The van der Waals surface area contributed by atoms with Gasteiger partial charge < -0.3 is 5.11 Å². The molecule has 2 heterocycles. The Hall–Kier alpha value is -1.51. The van der Waals surface area contributed by atoms with Crippen molar-refractivity contribution < 1.29 is 14.3 Å². The lowest BCUT2D eigenvalue weighted by Crippen LogP contribution is -1.97. The maximum atomic E-state index is 14.0. The SMILES string of the molecule is O=C(O)c1sc2cccc(F)c2c1CSc1ncns1. The van der Waals surface area contributed by atoms with E-state index in [2.05, 4.69) is 9.36 Å². The predicted molar refractivity (Wildman–Crippen MR) is 78.2 cm³/mol. The number of aromatic nitrogens is 2. The molecule has 3 aromatic rings. The lowest BCUT2D eigenvalue weighted by atomic mass is 10.1. The third-order valence-corrected chi connectivity index (χ3v) is 5.65. The second kappa shape index (κ2) is 5.47. The van der Waals surface area contributed by atoms with Crippen molar-refractivity contribution >= 4 is 50.7 Å². The van der Waals surface area contributed by atoms with Crippen LogP contribution in [-0.4, -0.2) is 20.4 Å². The summed E-state index contributed by atoms with van der Waals surface area (Å²) in [5, 5.41) is 9.66. The van der Waals surface area contributed by atoms with Crippen LogP contribution in [0.2, 0.25) is 0 Å². The molecule has 0 bridgehead atoms. The van der Waals surface area contributed by atoms with Gasteiger partial charge in [0.1, 0.15) is 17.0 Å². The fourth-order valence-corrected chi connectivity index (χ4v) is 4.48. The van der Waals surface area contributed by atoms with E-state index in [-0.39, 0.29) is 10.7 Å². The smallest absolute Gasteiger partial charge is 0.346 e. The van der Waals surface area contributed by atoms with Crippen molar-refractivity contribution in [3.63, 3.8) is 0 Å². The molecule has 0 fully saturated rings. The van der Waals surface area contributed by atoms with Gasteiger partial charge in [0.15, 0.2) is 4.34 Å². The van der Waals surface area contributed by atoms with E-state index < -0.39 is 5.97 Å². The van der Waals surface area contributed by atoms with Crippen LogP contribution in [0.5, 0.6) is 0 Å². The molecule has 0 spiro atoms. The van der Waals surface area contributed by atoms with E-state index in [1.807, 2.05) is 0 Å². The van der Waals surface area contributed by atoms with E-state index in [1.165, 1.54) is 35.7 Å². The quantitative estimate of drug-likeness (QED) is 0.737. The van der Waals surface area contributed by atoms with Gasteiger partial charge in [0, 0.05) is 15.8 Å². The van der Waals surface area contributed by atoms with Crippen molar-refractivity contribution in [1.29, 1.82) is 0 Å². The van der Waals surface area contributed by atoms with Crippen LogP contribution in [0.4, 0.5) is 4.39 Å². The van der Waals surface area contributed by atoms with Gasteiger partial charge in [0.05, 0.1) is 0 Å². The number of aromatic carboxylic acids is 1. The standard InChI is InChI=1S/C12H7FN2O2S3/c13-7-2-1-3-8-9(7)6(10(19-8)11(16)17)4-18-12-14-5-15-20-12/h1-3,5H,4H2,(H,16,17). The molecule has 0 aliphatic heterocycles. The Bertz CT molecular complexity index is 770. The van der Waals surface area contributed by atoms with Crippen LogP contribution >= 0.6 is 34.6 Å². The number of hydrogen-bond acceptors (Lipinski definition) is 6. The minimum Gasteiger partial charge on any atom is -0.477 e. The van der Waals surface area contributed by atoms with Crippen LogP contribution in [-0.2, 0) is 5.75 Å². The molecule has 0 saturated carbocycles. The number of hydrogen-bond donors (Lipinski definition) is 1. The van der Waals surface area contributed by atoms with Crippen LogP contribution in [0, 0.1) is 5.82 Å². The lowest BCUT2D eigenvalue weighted by Gasteiger charge is -2.00. The van der Waals surface area contributed by atoms with Crippen molar-refractivity contribution in [2.45, 2.75) is 10.1 Å². The minimum absolute atomic E-state index is 0.183. The van der Waals surface area contributed by atoms with E-state index >= 15 is 0 Å². The van der Waals surface area contributed by atoms with Crippen molar-refractivity contribution in [3.05, 3.63) is 40.8 Å². The molecular weight excluding hydrogens is 319 g/mol. The second-order valence-electron chi connectivity index (χ2n) is 3.82. The molecule has 0 amide bonds. The number of carboxylic acid groups (broad SMARTS) is 1. The summed E-state index contributed by atoms with van der Waals surface area (Å²) >= 11 is 3.69. The average Bonchev–Trinajstić information content (AvgIpc) is 3.03. The van der Waals surface area contributed by atoms with Gasteiger partial charge in [-0.25, -0.2) is 14.2 Å². The average molecular weight is 326 g/mol. The third-order valence-electron chi connectivity index (χ3n) is 2.64. The number of nitrogens with zero attached hydrogens (tertiary/aromatic N) is 2. The molecule has 0 atom stereocenters. The summed E-state index contributed by atoms with van der Waals surface area (Å²) in [6, 6.07) is 4.66. The normalized spacial score (nSPS) is 11.1. The first kappa shape index (κ1) is 13.5. The molecule has 0 unspecified atom stereocenters. The molecular formula is C12H7FN2O2S3. The lowest BCUT2D eigenvalue weighted by molar-refractivity contribution is 0.0701. The van der Waals surface area contributed by atoms with Crippen LogP contribution in [0.3, 0.4) is 0 Å². The number of thioether (sulfide) groups is 1. The predicted octanol–water partition coefficient (Wildman–Crippen LogP) is 3.88. The third kappa shape index (κ3) is 2.41. The Morgan fingerprint density at radius 1 is 1.45 bits per heavy atom. The summed E-state index contributed by atoms with van der Waals surface area (Å²) in [6.07, 6.45) is 1.44. The summed E-state index contributed by atoms with van der Waals surface area (Å²) in [4.78, 5) is 15.5. The molecule has 3 rings (SSSR count). The van der Waals surface area contributed by atoms with Crippen molar-refractivity contribution in [2.75, 3.05) is 0 Å². The molecule has 8 heteroatoms. The van der Waals surface area contributed by atoms with E-state index in [4.69, 9.17) is 0 Å². The number of fused-ring (bicyclic) bond motifs is 1. The first-order valence-electron chi connectivity index (χ1n) is 5.49. The number of carbonyl (C=O) groups is 1. The van der Waals surface area contributed by atoms with Crippen LogP contribution in [0.15, 0.2) is 28.9 Å². The maximum absolute atomic E-state index is 14.0. The first-order chi connectivity index (χ1) is 9.66. The zero-order valence-corrected chi connectivity index (χ0v) is 12.3. The summed E-state index contributed by atoms with van der Waals surface area (Å²) in [5.74, 6) is -1.06. The van der Waals surface area contributed by atoms with E-state index in [0.29, 0.717) is 21.4 Å². The number of carboxylic acids is 1. The first-order valence-corrected chi connectivity index (χ1v) is 8.07. The van der Waals surface area contributed by atoms with Crippen molar-refractivity contribution in [1.82, 2.24) is 9.36 Å². The van der Waals surface area contributed by atoms with E-state index in [1.54, 1.807) is 12.1 Å². The Labute approximate surface area is 125 Å². The van der Waals surface area contributed by atoms with Crippen molar-refractivity contribution in [2.24, 2.45) is 0 Å². The molecule has 0 saturated heterocycles. The molecule has 20 heavy (non-hydrogen) atoms. The highest BCUT2D eigenvalue weighted by atomic mass is 32.2. The van der Waals surface area contributed by atoms with Crippen molar-refractivity contribution in [3.8, 4) is 0 Å². The van der Waals surface area contributed by atoms with Crippen LogP contribution < -0.4 is 0 Å². The Morgan fingerprint density at radius 3 is 3.00 bits per heavy atom. The summed E-state index contributed by atoms with van der Waals surface area (Å²) < 4.78 is 19.2. The Balaban J connectivity index is 2.06. The van der Waals surface area contributed by atoms with Gasteiger partial charge in [0.25, 0.3) is 0 Å². The number of halogens is 1. The zero-order chi connectivity index (χ0) is 14.1. The number of thiophene rings is 1. The molecule has 0 aliphatic rings. The van der Waals surface area contributed by atoms with E-state index in [9.17, 15) is 14.3 Å². The molecule has 2 aromatic heterocycles. The van der Waals surface area contributed by atoms with Gasteiger partial charge in [-0.2, -0.15) is 4.37 Å². The molecule has 1 N–H and O–H groups in total. The number of benzene rings is 1. The highest BCUT2D eigenvalue weighted by Gasteiger charge is 2.20. The molecule has 0 aliphatic carbocycles. The topological polar surface area (TPSA) is 63.1 Å². The van der Waals surface area contributed by atoms with Gasteiger partial charge in [-0.05, 0) is 29.2 Å². The van der Waals surface area contributed by atoms with Gasteiger partial charge >= 0.3 is 5.97 Å². The second-order valence-corrected chi connectivity index (χ2v) is 6.88. The largest absolute Gasteiger partial charge is 0.477 e. The van der Waals surface area contributed by atoms with Crippen LogP contribution in [0.1, 0.15) is 15.2 Å². The molecule has 1 aromatic carbocycles. The van der Waals surface area contributed by atoms with Gasteiger partial charge in [-0.3, -0.25) is 0 Å². The fraction of sp³-hybridized carbons (Fsp3) is 0.0833. The summed E-state index contributed by atoms with van der Waals surface area (Å²) in [7, 11) is 0. The van der Waals surface area contributed by atoms with Gasteiger partial charge in [-0.1, -0.05) is 17.8 Å². The zero-order valence-electron chi connectivity index (χ0n) is 9.87. The number of rotatable bonds is 4. The molecule has 102 valence electrons.